The molecule has 2 N–H and O–H groups in total. The van der Waals surface area contributed by atoms with Gasteiger partial charge in [0.15, 0.2) is 0 Å². The van der Waals surface area contributed by atoms with Crippen LogP contribution in [0.15, 0.2) is 66.7 Å². The molecule has 8 nitrogen and oxygen atoms in total. The van der Waals surface area contributed by atoms with E-state index in [1.54, 1.807) is 12.1 Å². The smallest absolute Gasteiger partial charge is 0.335 e. The first-order valence-electron chi connectivity index (χ1n) is 8.72. The fraction of sp³-hybridized carbons (Fsp3) is 0. The van der Waals surface area contributed by atoms with E-state index in [1.807, 2.05) is 0 Å². The van der Waals surface area contributed by atoms with Gasteiger partial charge in [-0.2, -0.15) is 0 Å². The molecule has 148 valence electrons. The Morgan fingerprint density at radius 2 is 1.17 bits per heavy atom. The molecule has 1 aliphatic rings. The third kappa shape index (κ3) is 3.26. The number of fused-ring (bicyclic) bond motifs is 1. The Bertz CT molecular complexity index is 1200. The lowest BCUT2D eigenvalue weighted by atomic mass is 10.1. The Morgan fingerprint density at radius 3 is 1.73 bits per heavy atom. The maximum Gasteiger partial charge on any atom is 0.335 e. The first-order valence-corrected chi connectivity index (χ1v) is 8.72. The molecule has 0 fully saturated rings. The highest BCUT2D eigenvalue weighted by Crippen LogP contribution is 2.31. The number of benzene rings is 3. The summed E-state index contributed by atoms with van der Waals surface area (Å²) < 4.78 is 5.64. The van der Waals surface area contributed by atoms with Crippen LogP contribution in [0.25, 0.3) is 0 Å². The predicted octanol–water partition coefficient (Wildman–Crippen LogP) is 3.68. The zero-order chi connectivity index (χ0) is 21.4. The molecule has 4 rings (SSSR count). The van der Waals surface area contributed by atoms with Gasteiger partial charge in [-0.15, -0.1) is 0 Å². The molecular formula is C22H13NO7. The third-order valence-corrected chi connectivity index (χ3v) is 4.57. The van der Waals surface area contributed by atoms with Crippen LogP contribution in [-0.4, -0.2) is 34.0 Å². The van der Waals surface area contributed by atoms with Crippen LogP contribution >= 0.6 is 0 Å². The van der Waals surface area contributed by atoms with Gasteiger partial charge in [0.2, 0.25) is 0 Å². The van der Waals surface area contributed by atoms with Gasteiger partial charge in [0, 0.05) is 0 Å². The quantitative estimate of drug-likeness (QED) is 0.623. The van der Waals surface area contributed by atoms with Gasteiger partial charge in [-0.25, -0.2) is 14.5 Å². The van der Waals surface area contributed by atoms with E-state index >= 15 is 0 Å². The summed E-state index contributed by atoms with van der Waals surface area (Å²) in [6, 6.07) is 15.8. The minimum Gasteiger partial charge on any atom is -0.478 e. The summed E-state index contributed by atoms with van der Waals surface area (Å²) in [4.78, 5) is 48.3. The number of hydrogen-bond donors (Lipinski definition) is 2. The molecule has 0 unspecified atom stereocenters. The average molecular weight is 403 g/mol. The minimum atomic E-state index is -1.19. The van der Waals surface area contributed by atoms with E-state index in [9.17, 15) is 19.2 Å². The molecule has 30 heavy (non-hydrogen) atoms. The number of rotatable bonds is 5. The SMILES string of the molecule is O=C(O)c1ccc(Oc2ccc(N3C(=O)c4ccc(C(=O)O)cc4C3=O)cc2)cc1. The molecule has 1 aliphatic heterocycles. The van der Waals surface area contributed by atoms with Crippen molar-refractivity contribution in [1.82, 2.24) is 0 Å². The largest absolute Gasteiger partial charge is 0.478 e. The first-order chi connectivity index (χ1) is 14.3. The van der Waals surface area contributed by atoms with E-state index in [0.717, 1.165) is 4.90 Å². The van der Waals surface area contributed by atoms with Crippen LogP contribution in [0.2, 0.25) is 0 Å². The normalized spacial score (nSPS) is 12.6. The van der Waals surface area contributed by atoms with Crippen LogP contribution in [0.3, 0.4) is 0 Å². The maximum atomic E-state index is 12.7. The summed E-state index contributed by atoms with van der Waals surface area (Å²) in [6.45, 7) is 0. The van der Waals surface area contributed by atoms with E-state index in [0.29, 0.717) is 17.2 Å². The second kappa shape index (κ2) is 7.17. The second-order valence-electron chi connectivity index (χ2n) is 6.44. The molecule has 0 saturated carbocycles. The van der Waals surface area contributed by atoms with Gasteiger partial charge in [-0.3, -0.25) is 9.59 Å². The fourth-order valence-corrected chi connectivity index (χ4v) is 3.07. The zero-order valence-corrected chi connectivity index (χ0v) is 15.2. The van der Waals surface area contributed by atoms with Crippen molar-refractivity contribution in [2.45, 2.75) is 0 Å². The number of carbonyl (C=O) groups is 4. The number of nitrogens with zero attached hydrogens (tertiary/aromatic N) is 1. The van der Waals surface area contributed by atoms with Crippen LogP contribution in [0.1, 0.15) is 41.4 Å². The lowest BCUT2D eigenvalue weighted by molar-refractivity contribution is 0.0686. The van der Waals surface area contributed by atoms with E-state index in [2.05, 4.69) is 0 Å². The van der Waals surface area contributed by atoms with Crippen molar-refractivity contribution < 1.29 is 34.1 Å². The molecular weight excluding hydrogens is 390 g/mol. The zero-order valence-electron chi connectivity index (χ0n) is 15.2. The van der Waals surface area contributed by atoms with Crippen LogP contribution in [-0.2, 0) is 0 Å². The Kier molecular flexibility index (Phi) is 4.51. The number of carboxylic acid groups (broad SMARTS) is 2. The molecule has 0 saturated heterocycles. The summed E-state index contributed by atoms with van der Waals surface area (Å²) in [5.41, 5.74) is 0.554. The molecule has 0 radical (unpaired) electrons. The van der Waals surface area contributed by atoms with Crippen LogP contribution in [0.5, 0.6) is 11.5 Å². The Balaban J connectivity index is 1.55. The van der Waals surface area contributed by atoms with Gasteiger partial charge in [0.25, 0.3) is 11.8 Å². The van der Waals surface area contributed by atoms with Crippen LogP contribution in [0.4, 0.5) is 5.69 Å². The molecule has 3 aromatic carbocycles. The summed E-state index contributed by atoms with van der Waals surface area (Å²) in [5.74, 6) is -2.51. The van der Waals surface area contributed by atoms with Gasteiger partial charge in [0.1, 0.15) is 11.5 Å². The Morgan fingerprint density at radius 1 is 0.667 bits per heavy atom. The summed E-state index contributed by atoms with van der Waals surface area (Å²) in [5, 5.41) is 18.0. The average Bonchev–Trinajstić information content (AvgIpc) is 2.99. The summed E-state index contributed by atoms with van der Waals surface area (Å²) in [6.07, 6.45) is 0. The summed E-state index contributed by atoms with van der Waals surface area (Å²) in [7, 11) is 0. The van der Waals surface area contributed by atoms with E-state index in [1.165, 1.54) is 54.6 Å². The molecule has 1 heterocycles. The number of amides is 2. The van der Waals surface area contributed by atoms with Crippen molar-refractivity contribution in [2.75, 3.05) is 4.90 Å². The van der Waals surface area contributed by atoms with Gasteiger partial charge in [-0.1, -0.05) is 0 Å². The van der Waals surface area contributed by atoms with Crippen molar-refractivity contribution in [1.29, 1.82) is 0 Å². The van der Waals surface area contributed by atoms with E-state index in [4.69, 9.17) is 14.9 Å². The number of hydrogen-bond acceptors (Lipinski definition) is 5. The molecule has 0 spiro atoms. The van der Waals surface area contributed by atoms with Gasteiger partial charge < -0.3 is 14.9 Å². The van der Waals surface area contributed by atoms with E-state index < -0.39 is 23.8 Å². The third-order valence-electron chi connectivity index (χ3n) is 4.57. The minimum absolute atomic E-state index is 0.0405. The first kappa shape index (κ1) is 18.9. The number of anilines is 1. The van der Waals surface area contributed by atoms with Crippen molar-refractivity contribution in [2.24, 2.45) is 0 Å². The molecule has 0 aromatic heterocycles. The summed E-state index contributed by atoms with van der Waals surface area (Å²) >= 11 is 0. The predicted molar refractivity (Wildman–Crippen MR) is 104 cm³/mol. The molecule has 0 aliphatic carbocycles. The van der Waals surface area contributed by atoms with E-state index in [-0.39, 0.29) is 22.3 Å². The monoisotopic (exact) mass is 403 g/mol. The molecule has 2 amide bonds. The number of imide groups is 1. The standard InChI is InChI=1S/C22H13NO7/c24-19-17-10-3-13(22(28)29)11-18(17)20(25)23(19)14-4-8-16(9-5-14)30-15-6-1-12(2-7-15)21(26)27/h1-11H,(H,26,27)(H,28,29). The maximum absolute atomic E-state index is 12.7. The van der Waals surface area contributed by atoms with Gasteiger partial charge in [-0.05, 0) is 66.7 Å². The highest BCUT2D eigenvalue weighted by molar-refractivity contribution is 6.34. The Labute approximate surface area is 169 Å². The van der Waals surface area contributed by atoms with Gasteiger partial charge >= 0.3 is 11.9 Å². The lowest BCUT2D eigenvalue weighted by Crippen LogP contribution is -2.29. The van der Waals surface area contributed by atoms with Gasteiger partial charge in [0.05, 0.1) is 27.9 Å². The van der Waals surface area contributed by atoms with Crippen molar-refractivity contribution in [3.05, 3.63) is 89.0 Å². The molecule has 0 bridgehead atoms. The number of aromatic carboxylic acids is 2. The van der Waals surface area contributed by atoms with Crippen LogP contribution in [0, 0.1) is 0 Å². The number of carbonyl (C=O) groups excluding carboxylic acids is 2. The number of ether oxygens (including phenoxy) is 1. The van der Waals surface area contributed by atoms with Crippen molar-refractivity contribution >= 4 is 29.4 Å². The Hall–Kier alpha value is -4.46. The van der Waals surface area contributed by atoms with Crippen molar-refractivity contribution in [3.8, 4) is 11.5 Å². The highest BCUT2D eigenvalue weighted by Gasteiger charge is 2.37. The topological polar surface area (TPSA) is 121 Å². The highest BCUT2D eigenvalue weighted by atomic mass is 16.5. The molecule has 3 aromatic rings. The lowest BCUT2D eigenvalue weighted by Gasteiger charge is -2.14. The number of carboxylic acids is 2. The fourth-order valence-electron chi connectivity index (χ4n) is 3.07. The molecule has 0 atom stereocenters. The molecule has 8 heteroatoms. The second-order valence-corrected chi connectivity index (χ2v) is 6.44. The van der Waals surface area contributed by atoms with Crippen molar-refractivity contribution in [3.63, 3.8) is 0 Å². The van der Waals surface area contributed by atoms with Crippen LogP contribution < -0.4 is 9.64 Å².